The topological polar surface area (TPSA) is 86.9 Å². The standard InChI is InChI=1S/C18H24N4O.C6H4F2.C2H6.CH2O2/c23-18(20-14-6-2-1-3-7-14)16-13-19-22-11-8-15(12-17(16)22)21-9-4-5-10-21;7-5-1-2-6(8)4-3-5;1-2;2-1-3/h8,11-14H,1-7,9-10H2,(H,20,23);1-4H;1-2H3;1H,(H,2,3). The molecule has 7 nitrogen and oxygen atoms in total. The van der Waals surface area contributed by atoms with Gasteiger partial charge in [-0.15, -0.1) is 0 Å². The first kappa shape index (κ1) is 28.7. The monoisotopic (exact) mass is 502 g/mol. The Balaban J connectivity index is 0.000000293. The van der Waals surface area contributed by atoms with E-state index in [0.29, 0.717) is 11.6 Å². The van der Waals surface area contributed by atoms with Crippen LogP contribution in [0.4, 0.5) is 14.5 Å². The lowest BCUT2D eigenvalue weighted by atomic mass is 9.95. The first-order chi connectivity index (χ1) is 17.5. The van der Waals surface area contributed by atoms with Crippen LogP contribution in [-0.2, 0) is 4.79 Å². The van der Waals surface area contributed by atoms with Crippen molar-refractivity contribution in [2.45, 2.75) is 64.8 Å². The Kier molecular flexibility index (Phi) is 12.4. The van der Waals surface area contributed by atoms with E-state index in [2.05, 4.69) is 27.4 Å². The summed E-state index contributed by atoms with van der Waals surface area (Å²) in [7, 11) is 0. The molecule has 2 N–H and O–H groups in total. The molecule has 3 heterocycles. The van der Waals surface area contributed by atoms with Gasteiger partial charge in [0, 0.05) is 31.0 Å². The van der Waals surface area contributed by atoms with Crippen LogP contribution in [0, 0.1) is 11.6 Å². The third-order valence-electron chi connectivity index (χ3n) is 5.96. The zero-order chi connectivity index (χ0) is 26.3. The third-order valence-corrected chi connectivity index (χ3v) is 5.96. The van der Waals surface area contributed by atoms with Gasteiger partial charge in [-0.2, -0.15) is 5.10 Å². The molecule has 1 saturated carbocycles. The molecule has 196 valence electrons. The molecule has 9 heteroatoms. The molecule has 1 amide bonds. The van der Waals surface area contributed by atoms with E-state index in [1.54, 1.807) is 10.7 Å². The number of hydrogen-bond acceptors (Lipinski definition) is 4. The number of carboxylic acid groups (broad SMARTS) is 1. The maximum Gasteiger partial charge on any atom is 0.290 e. The van der Waals surface area contributed by atoms with Crippen LogP contribution in [0.1, 0.15) is 69.2 Å². The van der Waals surface area contributed by atoms with E-state index in [0.717, 1.165) is 55.7 Å². The molecule has 3 aromatic rings. The van der Waals surface area contributed by atoms with Crippen molar-refractivity contribution in [3.05, 3.63) is 66.0 Å². The van der Waals surface area contributed by atoms with Crippen molar-refractivity contribution in [2.24, 2.45) is 0 Å². The Morgan fingerprint density at radius 3 is 2.11 bits per heavy atom. The highest BCUT2D eigenvalue weighted by molar-refractivity contribution is 6.01. The summed E-state index contributed by atoms with van der Waals surface area (Å²) < 4.78 is 25.6. The maximum absolute atomic E-state index is 12.6. The van der Waals surface area contributed by atoms with Crippen LogP contribution in [0.5, 0.6) is 0 Å². The number of carbonyl (C=O) groups excluding carboxylic acids is 1. The molecule has 2 aromatic heterocycles. The van der Waals surface area contributed by atoms with E-state index in [1.807, 2.05) is 20.0 Å². The van der Waals surface area contributed by atoms with Gasteiger partial charge in [0.1, 0.15) is 11.6 Å². The Bertz CT molecular complexity index is 1040. The van der Waals surface area contributed by atoms with Crippen LogP contribution in [0.2, 0.25) is 0 Å². The summed E-state index contributed by atoms with van der Waals surface area (Å²) in [6.07, 6.45) is 12.1. The van der Waals surface area contributed by atoms with Crippen molar-refractivity contribution >= 4 is 23.6 Å². The van der Waals surface area contributed by atoms with Gasteiger partial charge in [0.05, 0.1) is 17.3 Å². The highest BCUT2D eigenvalue weighted by atomic mass is 19.1. The number of pyridine rings is 1. The van der Waals surface area contributed by atoms with Gasteiger partial charge >= 0.3 is 0 Å². The van der Waals surface area contributed by atoms with Crippen LogP contribution < -0.4 is 10.2 Å². The smallest absolute Gasteiger partial charge is 0.290 e. The lowest BCUT2D eigenvalue weighted by Gasteiger charge is -2.22. The molecule has 1 aliphatic carbocycles. The van der Waals surface area contributed by atoms with Crippen LogP contribution in [0.15, 0.2) is 48.8 Å². The van der Waals surface area contributed by atoms with E-state index in [9.17, 15) is 13.6 Å². The second-order valence-corrected chi connectivity index (χ2v) is 8.32. The molecule has 2 aliphatic rings. The molecule has 0 atom stereocenters. The molecule has 1 saturated heterocycles. The predicted molar refractivity (Wildman–Crippen MR) is 137 cm³/mol. The van der Waals surface area contributed by atoms with Gasteiger partial charge in [0.2, 0.25) is 0 Å². The maximum atomic E-state index is 12.6. The second-order valence-electron chi connectivity index (χ2n) is 8.32. The fraction of sp³-hybridized carbons (Fsp3) is 0.444. The first-order valence-corrected chi connectivity index (χ1v) is 12.5. The number of hydrogen-bond donors (Lipinski definition) is 2. The van der Waals surface area contributed by atoms with Crippen LogP contribution in [0.25, 0.3) is 5.52 Å². The molecule has 0 radical (unpaired) electrons. The van der Waals surface area contributed by atoms with Crippen LogP contribution >= 0.6 is 0 Å². The van der Waals surface area contributed by atoms with E-state index in [4.69, 9.17) is 9.90 Å². The summed E-state index contributed by atoms with van der Waals surface area (Å²) >= 11 is 0. The zero-order valence-electron chi connectivity index (χ0n) is 21.0. The average molecular weight is 503 g/mol. The molecule has 0 bridgehead atoms. The molecule has 1 aliphatic heterocycles. The van der Waals surface area contributed by atoms with E-state index < -0.39 is 11.6 Å². The molecule has 0 unspecified atom stereocenters. The summed E-state index contributed by atoms with van der Waals surface area (Å²) in [5.74, 6) is -0.803. The van der Waals surface area contributed by atoms with E-state index >= 15 is 0 Å². The number of aromatic nitrogens is 2. The Labute approximate surface area is 211 Å². The summed E-state index contributed by atoms with van der Waals surface area (Å²) in [5, 5.41) is 14.4. The molecular weight excluding hydrogens is 466 g/mol. The Hall–Kier alpha value is -3.49. The number of nitrogens with one attached hydrogen (secondary N) is 1. The van der Waals surface area contributed by atoms with Crippen molar-refractivity contribution in [3.8, 4) is 0 Å². The SMILES string of the molecule is CC.Fc1ccc(F)cc1.O=C(NC1CCCCC1)c1cnn2ccc(N3CCCC3)cc12.O=CO. The number of halogens is 2. The predicted octanol–water partition coefficient (Wildman–Crippen LogP) is 5.69. The van der Waals surface area contributed by atoms with E-state index in [-0.39, 0.29) is 12.4 Å². The lowest BCUT2D eigenvalue weighted by molar-refractivity contribution is -0.122. The number of nitrogens with zero attached hydrogens (tertiary/aromatic N) is 3. The minimum absolute atomic E-state index is 0.0190. The molecule has 2 fully saturated rings. The summed E-state index contributed by atoms with van der Waals surface area (Å²) in [4.78, 5) is 23.4. The number of benzene rings is 1. The molecule has 0 spiro atoms. The molecule has 36 heavy (non-hydrogen) atoms. The Morgan fingerprint density at radius 1 is 1.00 bits per heavy atom. The molecular formula is C27H36F2N4O3. The Morgan fingerprint density at radius 2 is 1.56 bits per heavy atom. The van der Waals surface area contributed by atoms with Crippen molar-refractivity contribution in [2.75, 3.05) is 18.0 Å². The van der Waals surface area contributed by atoms with Gasteiger partial charge in [-0.1, -0.05) is 33.1 Å². The van der Waals surface area contributed by atoms with Crippen molar-refractivity contribution in [3.63, 3.8) is 0 Å². The average Bonchev–Trinajstić information content (AvgIpc) is 3.59. The van der Waals surface area contributed by atoms with Crippen molar-refractivity contribution in [1.29, 1.82) is 0 Å². The van der Waals surface area contributed by atoms with Crippen LogP contribution in [-0.4, -0.2) is 46.2 Å². The highest BCUT2D eigenvalue weighted by Crippen LogP contribution is 2.24. The summed E-state index contributed by atoms with van der Waals surface area (Å²) in [6.45, 7) is 5.96. The van der Waals surface area contributed by atoms with Crippen LogP contribution in [0.3, 0.4) is 0 Å². The lowest BCUT2D eigenvalue weighted by Crippen LogP contribution is -2.36. The second kappa shape index (κ2) is 15.5. The summed E-state index contributed by atoms with van der Waals surface area (Å²) in [5.41, 5.74) is 2.79. The van der Waals surface area contributed by atoms with Gasteiger partial charge in [0.25, 0.3) is 12.4 Å². The minimum Gasteiger partial charge on any atom is -0.483 e. The largest absolute Gasteiger partial charge is 0.483 e. The summed E-state index contributed by atoms with van der Waals surface area (Å²) in [6, 6.07) is 8.84. The fourth-order valence-corrected chi connectivity index (χ4v) is 4.26. The van der Waals surface area contributed by atoms with Crippen molar-refractivity contribution < 1.29 is 23.5 Å². The highest BCUT2D eigenvalue weighted by Gasteiger charge is 2.20. The number of amides is 1. The van der Waals surface area contributed by atoms with Crippen molar-refractivity contribution in [1.82, 2.24) is 14.9 Å². The quantitative estimate of drug-likeness (QED) is 0.450. The molecule has 1 aromatic carbocycles. The number of fused-ring (bicyclic) bond motifs is 1. The fourth-order valence-electron chi connectivity index (χ4n) is 4.26. The van der Waals surface area contributed by atoms with Gasteiger partial charge in [0.15, 0.2) is 0 Å². The van der Waals surface area contributed by atoms with Gasteiger partial charge < -0.3 is 15.3 Å². The van der Waals surface area contributed by atoms with Gasteiger partial charge in [-0.3, -0.25) is 9.59 Å². The number of anilines is 1. The van der Waals surface area contributed by atoms with Gasteiger partial charge in [-0.05, 0) is 62.1 Å². The van der Waals surface area contributed by atoms with Gasteiger partial charge in [-0.25, -0.2) is 13.3 Å². The molecule has 5 rings (SSSR count). The third kappa shape index (κ3) is 8.62. The van der Waals surface area contributed by atoms with E-state index in [1.165, 1.54) is 37.8 Å². The first-order valence-electron chi connectivity index (χ1n) is 12.5. The zero-order valence-corrected chi connectivity index (χ0v) is 21.0. The normalized spacial score (nSPS) is 14.9. The minimum atomic E-state index is -0.411. The number of carbonyl (C=O) groups is 2. The number of rotatable bonds is 3.